The summed E-state index contributed by atoms with van der Waals surface area (Å²) in [6, 6.07) is 10.1. The summed E-state index contributed by atoms with van der Waals surface area (Å²) in [5, 5.41) is 8.55. The third-order valence-corrected chi connectivity index (χ3v) is 3.98. The van der Waals surface area contributed by atoms with E-state index in [0.717, 1.165) is 41.5 Å². The van der Waals surface area contributed by atoms with Crippen molar-refractivity contribution in [2.24, 2.45) is 12.0 Å². The lowest BCUT2D eigenvalue weighted by Gasteiger charge is -2.21. The van der Waals surface area contributed by atoms with Gasteiger partial charge in [-0.2, -0.15) is 5.10 Å². The summed E-state index contributed by atoms with van der Waals surface area (Å²) in [4.78, 5) is 11.0. The van der Waals surface area contributed by atoms with E-state index in [1.807, 2.05) is 37.2 Å². The Kier molecular flexibility index (Phi) is 7.43. The van der Waals surface area contributed by atoms with Gasteiger partial charge < -0.3 is 14.6 Å². The lowest BCUT2D eigenvalue weighted by atomic mass is 10.2. The molecule has 0 radical (unpaired) electrons. The lowest BCUT2D eigenvalue weighted by Crippen LogP contribution is -2.39. The van der Waals surface area contributed by atoms with Crippen molar-refractivity contribution in [1.29, 1.82) is 0 Å². The molecule has 0 fully saturated rings. The van der Waals surface area contributed by atoms with Crippen LogP contribution in [0.3, 0.4) is 0 Å². The third-order valence-electron chi connectivity index (χ3n) is 3.98. The van der Waals surface area contributed by atoms with Crippen LogP contribution in [0.5, 0.6) is 0 Å². The predicted molar refractivity (Wildman–Crippen MR) is 114 cm³/mol. The Balaban J connectivity index is 0.00000243. The molecule has 0 spiro atoms. The van der Waals surface area contributed by atoms with Gasteiger partial charge in [0.15, 0.2) is 5.96 Å². The number of aryl methyl sites for hydroxylation is 1. The Morgan fingerprint density at radius 3 is 2.85 bits per heavy atom. The number of halogens is 1. The van der Waals surface area contributed by atoms with Gasteiger partial charge in [-0.05, 0) is 19.1 Å². The predicted octanol–water partition coefficient (Wildman–Crippen LogP) is 2.82. The summed E-state index contributed by atoms with van der Waals surface area (Å²) in [5.74, 6) is 2.70. The fourth-order valence-corrected chi connectivity index (χ4v) is 2.65. The summed E-state index contributed by atoms with van der Waals surface area (Å²) in [7, 11) is 3.89. The number of hydrogen-bond acceptors (Lipinski definition) is 4. The highest BCUT2D eigenvalue weighted by molar-refractivity contribution is 14.0. The maximum absolute atomic E-state index is 5.85. The second-order valence-electron chi connectivity index (χ2n) is 5.89. The normalized spacial score (nSPS) is 11.4. The van der Waals surface area contributed by atoms with Gasteiger partial charge in [-0.3, -0.25) is 9.67 Å². The van der Waals surface area contributed by atoms with Crippen molar-refractivity contribution < 1.29 is 4.42 Å². The lowest BCUT2D eigenvalue weighted by molar-refractivity contribution is 0.448. The summed E-state index contributed by atoms with van der Waals surface area (Å²) in [5.41, 5.74) is 0.924. The maximum Gasteiger partial charge on any atom is 0.194 e. The second-order valence-corrected chi connectivity index (χ2v) is 5.89. The molecule has 0 bridgehead atoms. The first-order valence-electron chi connectivity index (χ1n) is 8.47. The van der Waals surface area contributed by atoms with Crippen LogP contribution in [0.2, 0.25) is 0 Å². The first-order valence-corrected chi connectivity index (χ1v) is 8.47. The van der Waals surface area contributed by atoms with Gasteiger partial charge in [0, 0.05) is 39.0 Å². The van der Waals surface area contributed by atoms with Crippen molar-refractivity contribution in [3.8, 4) is 0 Å². The Hall–Kier alpha value is -2.10. The van der Waals surface area contributed by atoms with E-state index in [1.165, 1.54) is 0 Å². The highest BCUT2D eigenvalue weighted by Crippen LogP contribution is 2.19. The van der Waals surface area contributed by atoms with Crippen LogP contribution >= 0.6 is 24.0 Å². The van der Waals surface area contributed by atoms with Crippen molar-refractivity contribution in [1.82, 2.24) is 25.0 Å². The van der Waals surface area contributed by atoms with Crippen molar-refractivity contribution in [3.05, 3.63) is 48.2 Å². The van der Waals surface area contributed by atoms with Gasteiger partial charge in [-0.25, -0.2) is 4.98 Å². The topological polar surface area (TPSA) is 71.5 Å². The van der Waals surface area contributed by atoms with E-state index in [1.54, 1.807) is 11.0 Å². The monoisotopic (exact) mass is 468 g/mol. The highest BCUT2D eigenvalue weighted by atomic mass is 127. The molecule has 8 heteroatoms. The first-order chi connectivity index (χ1) is 12.2. The molecule has 0 saturated heterocycles. The minimum Gasteiger partial charge on any atom is -0.461 e. The van der Waals surface area contributed by atoms with Crippen LogP contribution in [-0.2, 0) is 20.0 Å². The summed E-state index contributed by atoms with van der Waals surface area (Å²) < 4.78 is 7.62. The van der Waals surface area contributed by atoms with Gasteiger partial charge in [-0.1, -0.05) is 18.2 Å². The number of aliphatic imine (C=N–C) groups is 1. The summed E-state index contributed by atoms with van der Waals surface area (Å²) in [6.07, 6.45) is 2.33. The maximum atomic E-state index is 5.85. The van der Waals surface area contributed by atoms with Crippen LogP contribution in [-0.4, -0.2) is 45.8 Å². The van der Waals surface area contributed by atoms with E-state index in [9.17, 15) is 0 Å². The van der Waals surface area contributed by atoms with Crippen LogP contribution < -0.4 is 5.32 Å². The number of fused-ring (bicyclic) bond motifs is 1. The standard InChI is InChI=1S/C18H24N6O.HI/c1-4-19-18(23(2)12-17-21-13-22-24(17)3)20-10-9-15-11-14-7-5-6-8-16(14)25-15;/h5-8,11,13H,4,9-10,12H2,1-3H3,(H,19,20);1H. The minimum atomic E-state index is 0. The van der Waals surface area contributed by atoms with Crippen LogP contribution in [0.25, 0.3) is 11.0 Å². The number of rotatable bonds is 6. The number of furan rings is 1. The molecule has 2 heterocycles. The quantitative estimate of drug-likeness (QED) is 0.342. The number of nitrogens with zero attached hydrogens (tertiary/aromatic N) is 5. The molecule has 0 amide bonds. The van der Waals surface area contributed by atoms with Gasteiger partial charge in [0.25, 0.3) is 0 Å². The van der Waals surface area contributed by atoms with E-state index < -0.39 is 0 Å². The molecular formula is C18H25IN6O. The first kappa shape index (κ1) is 20.2. The number of aromatic nitrogens is 3. The molecule has 140 valence electrons. The average Bonchev–Trinajstić information content (AvgIpc) is 3.20. The van der Waals surface area contributed by atoms with Gasteiger partial charge in [-0.15, -0.1) is 24.0 Å². The molecule has 0 aliphatic carbocycles. The zero-order chi connectivity index (χ0) is 17.6. The molecule has 0 aliphatic rings. The Bertz CT molecular complexity index is 823. The fourth-order valence-electron chi connectivity index (χ4n) is 2.65. The molecule has 3 rings (SSSR count). The Labute approximate surface area is 170 Å². The molecule has 3 aromatic rings. The second kappa shape index (κ2) is 9.56. The van der Waals surface area contributed by atoms with Crippen LogP contribution in [0.4, 0.5) is 0 Å². The van der Waals surface area contributed by atoms with Crippen LogP contribution in [0.1, 0.15) is 18.5 Å². The number of benzene rings is 1. The van der Waals surface area contributed by atoms with E-state index in [4.69, 9.17) is 9.41 Å². The van der Waals surface area contributed by atoms with Crippen LogP contribution in [0, 0.1) is 0 Å². The number of hydrogen-bond donors (Lipinski definition) is 1. The molecule has 0 saturated carbocycles. The SMILES string of the molecule is CCNC(=NCCc1cc2ccccc2o1)N(C)Cc1ncnn1C.I. The van der Waals surface area contributed by atoms with E-state index in [-0.39, 0.29) is 24.0 Å². The largest absolute Gasteiger partial charge is 0.461 e. The van der Waals surface area contributed by atoms with Crippen LogP contribution in [0.15, 0.2) is 46.1 Å². The van der Waals surface area contributed by atoms with Gasteiger partial charge in [0.2, 0.25) is 0 Å². The molecule has 2 aromatic heterocycles. The van der Waals surface area contributed by atoms with Gasteiger partial charge >= 0.3 is 0 Å². The van der Waals surface area contributed by atoms with E-state index >= 15 is 0 Å². The summed E-state index contributed by atoms with van der Waals surface area (Å²) in [6.45, 7) is 4.18. The molecule has 0 atom stereocenters. The van der Waals surface area contributed by atoms with Crippen molar-refractivity contribution in [2.75, 3.05) is 20.1 Å². The Morgan fingerprint density at radius 2 is 2.15 bits per heavy atom. The van der Waals surface area contributed by atoms with E-state index in [2.05, 4.69) is 34.5 Å². The highest BCUT2D eigenvalue weighted by Gasteiger charge is 2.10. The minimum absolute atomic E-state index is 0. The van der Waals surface area contributed by atoms with Gasteiger partial charge in [0.1, 0.15) is 23.5 Å². The number of nitrogens with one attached hydrogen (secondary N) is 1. The van der Waals surface area contributed by atoms with Gasteiger partial charge in [0.05, 0.1) is 6.54 Å². The third kappa shape index (κ3) is 4.96. The zero-order valence-electron chi connectivity index (χ0n) is 15.3. The molecule has 0 unspecified atom stereocenters. The molecule has 1 aromatic carbocycles. The average molecular weight is 468 g/mol. The smallest absolute Gasteiger partial charge is 0.194 e. The molecule has 7 nitrogen and oxygen atoms in total. The molecule has 0 aliphatic heterocycles. The van der Waals surface area contributed by atoms with Crippen molar-refractivity contribution in [2.45, 2.75) is 19.9 Å². The van der Waals surface area contributed by atoms with Crippen molar-refractivity contribution in [3.63, 3.8) is 0 Å². The fraction of sp³-hybridized carbons (Fsp3) is 0.389. The summed E-state index contributed by atoms with van der Waals surface area (Å²) >= 11 is 0. The van der Waals surface area contributed by atoms with E-state index in [0.29, 0.717) is 13.1 Å². The molecule has 1 N–H and O–H groups in total. The molecular weight excluding hydrogens is 443 g/mol. The molecule has 26 heavy (non-hydrogen) atoms. The zero-order valence-corrected chi connectivity index (χ0v) is 17.7. The Morgan fingerprint density at radius 1 is 1.35 bits per heavy atom. The number of guanidine groups is 1. The van der Waals surface area contributed by atoms with Crippen molar-refractivity contribution >= 4 is 40.9 Å². The number of para-hydroxylation sites is 1.